The summed E-state index contributed by atoms with van der Waals surface area (Å²) in [7, 11) is 0. The van der Waals surface area contributed by atoms with E-state index in [1.54, 1.807) is 6.26 Å². The van der Waals surface area contributed by atoms with Gasteiger partial charge in [0, 0.05) is 12.6 Å². The van der Waals surface area contributed by atoms with Gasteiger partial charge in [-0.3, -0.25) is 0 Å². The Bertz CT molecular complexity index is 262. The van der Waals surface area contributed by atoms with E-state index in [9.17, 15) is 0 Å². The van der Waals surface area contributed by atoms with Crippen molar-refractivity contribution in [3.8, 4) is 0 Å². The van der Waals surface area contributed by atoms with Gasteiger partial charge in [0.15, 0.2) is 0 Å². The highest BCUT2D eigenvalue weighted by atomic mass is 16.3. The Morgan fingerprint density at radius 3 is 2.79 bits per heavy atom. The van der Waals surface area contributed by atoms with Crippen molar-refractivity contribution in [1.29, 1.82) is 0 Å². The molecule has 78 valence electrons. The van der Waals surface area contributed by atoms with Crippen LogP contribution in [0.5, 0.6) is 0 Å². The summed E-state index contributed by atoms with van der Waals surface area (Å²) < 4.78 is 5.17. The van der Waals surface area contributed by atoms with E-state index in [-0.39, 0.29) is 0 Å². The minimum atomic E-state index is 0.552. The van der Waals surface area contributed by atoms with Gasteiger partial charge in [0.05, 0.1) is 6.26 Å². The maximum absolute atomic E-state index is 5.17. The lowest BCUT2D eigenvalue weighted by Crippen LogP contribution is -2.30. The molecule has 0 spiro atoms. The Kier molecular flexibility index (Phi) is 4.47. The van der Waals surface area contributed by atoms with Crippen molar-refractivity contribution in [3.05, 3.63) is 30.2 Å². The highest BCUT2D eigenvalue weighted by molar-refractivity contribution is 5.42. The minimum absolute atomic E-state index is 0.552. The van der Waals surface area contributed by atoms with Crippen LogP contribution in [0.3, 0.4) is 0 Å². The van der Waals surface area contributed by atoms with Crippen LogP contribution in [-0.2, 0) is 0 Å². The molecule has 1 rings (SSSR count). The minimum Gasteiger partial charge on any atom is -0.465 e. The first-order valence-electron chi connectivity index (χ1n) is 5.13. The lowest BCUT2D eigenvalue weighted by Gasteiger charge is -2.15. The van der Waals surface area contributed by atoms with Crippen molar-refractivity contribution in [2.45, 2.75) is 26.8 Å². The lowest BCUT2D eigenvalue weighted by atomic mass is 10.1. The van der Waals surface area contributed by atoms with E-state index in [1.807, 2.05) is 18.2 Å². The van der Waals surface area contributed by atoms with Crippen LogP contribution in [0.25, 0.3) is 6.08 Å². The summed E-state index contributed by atoms with van der Waals surface area (Å²) in [5, 5.41) is 3.42. The Balaban J connectivity index is 2.21. The summed E-state index contributed by atoms with van der Waals surface area (Å²) in [6.07, 6.45) is 5.75. The van der Waals surface area contributed by atoms with E-state index in [0.29, 0.717) is 12.0 Å². The molecule has 0 aromatic carbocycles. The molecule has 1 aromatic heterocycles. The van der Waals surface area contributed by atoms with Crippen LogP contribution < -0.4 is 5.32 Å². The molecule has 1 unspecified atom stereocenters. The van der Waals surface area contributed by atoms with E-state index in [2.05, 4.69) is 32.2 Å². The summed E-state index contributed by atoms with van der Waals surface area (Å²) in [4.78, 5) is 0. The first-order valence-corrected chi connectivity index (χ1v) is 5.13. The first-order chi connectivity index (χ1) is 6.70. The second-order valence-corrected chi connectivity index (χ2v) is 3.86. The second kappa shape index (κ2) is 5.66. The highest BCUT2D eigenvalue weighted by Crippen LogP contribution is 2.02. The molecule has 0 amide bonds. The van der Waals surface area contributed by atoms with Gasteiger partial charge in [0.25, 0.3) is 0 Å². The first kappa shape index (κ1) is 11.1. The van der Waals surface area contributed by atoms with Crippen molar-refractivity contribution in [3.63, 3.8) is 0 Å². The molecule has 1 atom stereocenters. The zero-order chi connectivity index (χ0) is 10.4. The molecule has 0 saturated carbocycles. The van der Waals surface area contributed by atoms with Crippen LogP contribution in [-0.4, -0.2) is 12.6 Å². The zero-order valence-corrected chi connectivity index (χ0v) is 9.16. The largest absolute Gasteiger partial charge is 0.465 e. The van der Waals surface area contributed by atoms with Crippen molar-refractivity contribution < 1.29 is 4.42 Å². The van der Waals surface area contributed by atoms with Crippen LogP contribution in [0, 0.1) is 5.92 Å². The van der Waals surface area contributed by atoms with Gasteiger partial charge >= 0.3 is 0 Å². The quantitative estimate of drug-likeness (QED) is 0.777. The van der Waals surface area contributed by atoms with Crippen molar-refractivity contribution in [2.75, 3.05) is 6.54 Å². The van der Waals surface area contributed by atoms with E-state index in [1.165, 1.54) is 0 Å². The van der Waals surface area contributed by atoms with Gasteiger partial charge in [-0.05, 0) is 31.1 Å². The summed E-state index contributed by atoms with van der Waals surface area (Å²) in [6, 6.07) is 4.39. The van der Waals surface area contributed by atoms with Gasteiger partial charge in [-0.2, -0.15) is 0 Å². The van der Waals surface area contributed by atoms with Gasteiger partial charge in [-0.25, -0.2) is 0 Å². The molecule has 1 heterocycles. The van der Waals surface area contributed by atoms with Crippen LogP contribution in [0.15, 0.2) is 28.9 Å². The standard InChI is InChI=1S/C12H19NO/c1-10(2)11(3)13-8-4-6-12-7-5-9-14-12/h4-7,9-11,13H,8H2,1-3H3/b6-4+. The Hall–Kier alpha value is -1.02. The molecule has 0 aliphatic heterocycles. The van der Waals surface area contributed by atoms with Gasteiger partial charge in [-0.1, -0.05) is 19.9 Å². The van der Waals surface area contributed by atoms with Gasteiger partial charge in [0.1, 0.15) is 5.76 Å². The maximum atomic E-state index is 5.17. The average Bonchev–Trinajstić information content (AvgIpc) is 2.64. The third kappa shape index (κ3) is 3.79. The van der Waals surface area contributed by atoms with Crippen LogP contribution >= 0.6 is 0 Å². The monoisotopic (exact) mass is 193 g/mol. The highest BCUT2D eigenvalue weighted by Gasteiger charge is 2.03. The molecule has 0 bridgehead atoms. The molecular weight excluding hydrogens is 174 g/mol. The number of nitrogens with one attached hydrogen (secondary N) is 1. The van der Waals surface area contributed by atoms with Crippen molar-refractivity contribution >= 4 is 6.08 Å². The van der Waals surface area contributed by atoms with Crippen LogP contribution in [0.4, 0.5) is 0 Å². The van der Waals surface area contributed by atoms with Gasteiger partial charge < -0.3 is 9.73 Å². The molecule has 0 fully saturated rings. The number of rotatable bonds is 5. The average molecular weight is 193 g/mol. The fourth-order valence-corrected chi connectivity index (χ4v) is 1.05. The summed E-state index contributed by atoms with van der Waals surface area (Å²) in [5.74, 6) is 1.58. The molecule has 14 heavy (non-hydrogen) atoms. The molecule has 0 saturated heterocycles. The number of hydrogen-bond donors (Lipinski definition) is 1. The Labute approximate surface area is 86.0 Å². The third-order valence-corrected chi connectivity index (χ3v) is 2.38. The fraction of sp³-hybridized carbons (Fsp3) is 0.500. The smallest absolute Gasteiger partial charge is 0.126 e. The lowest BCUT2D eigenvalue weighted by molar-refractivity contribution is 0.445. The molecule has 0 aliphatic rings. The Morgan fingerprint density at radius 1 is 1.43 bits per heavy atom. The van der Waals surface area contributed by atoms with E-state index in [4.69, 9.17) is 4.42 Å². The number of hydrogen-bond acceptors (Lipinski definition) is 2. The molecule has 0 aliphatic carbocycles. The fourth-order valence-electron chi connectivity index (χ4n) is 1.05. The summed E-state index contributed by atoms with van der Waals surface area (Å²) in [5.41, 5.74) is 0. The van der Waals surface area contributed by atoms with Crippen molar-refractivity contribution in [2.24, 2.45) is 5.92 Å². The normalized spacial score (nSPS) is 14.0. The second-order valence-electron chi connectivity index (χ2n) is 3.86. The molecule has 1 aromatic rings. The molecule has 1 N–H and O–H groups in total. The van der Waals surface area contributed by atoms with Crippen molar-refractivity contribution in [1.82, 2.24) is 5.32 Å². The number of furan rings is 1. The SMILES string of the molecule is CC(C)C(C)NC/C=C/c1ccco1. The van der Waals surface area contributed by atoms with E-state index < -0.39 is 0 Å². The topological polar surface area (TPSA) is 25.2 Å². The van der Waals surface area contributed by atoms with Gasteiger partial charge in [-0.15, -0.1) is 0 Å². The van der Waals surface area contributed by atoms with E-state index >= 15 is 0 Å². The maximum Gasteiger partial charge on any atom is 0.126 e. The molecule has 2 heteroatoms. The zero-order valence-electron chi connectivity index (χ0n) is 9.16. The van der Waals surface area contributed by atoms with Crippen LogP contribution in [0.1, 0.15) is 26.5 Å². The third-order valence-electron chi connectivity index (χ3n) is 2.38. The molecule has 2 nitrogen and oxygen atoms in total. The molecular formula is C12H19NO. The predicted molar refractivity (Wildman–Crippen MR) is 60.0 cm³/mol. The van der Waals surface area contributed by atoms with E-state index in [0.717, 1.165) is 12.3 Å². The predicted octanol–water partition coefficient (Wildman–Crippen LogP) is 2.93. The van der Waals surface area contributed by atoms with Gasteiger partial charge in [0.2, 0.25) is 0 Å². The Morgan fingerprint density at radius 2 is 2.21 bits per heavy atom. The molecule has 0 radical (unpaired) electrons. The summed E-state index contributed by atoms with van der Waals surface area (Å²) >= 11 is 0. The summed E-state index contributed by atoms with van der Waals surface area (Å²) in [6.45, 7) is 7.52. The van der Waals surface area contributed by atoms with Crippen LogP contribution in [0.2, 0.25) is 0 Å².